The van der Waals surface area contributed by atoms with Crippen molar-refractivity contribution < 1.29 is 9.47 Å². The molecule has 0 bridgehead atoms. The van der Waals surface area contributed by atoms with E-state index in [1.165, 1.54) is 22.3 Å². The molecule has 3 heteroatoms. The summed E-state index contributed by atoms with van der Waals surface area (Å²) in [7, 11) is 3.24. The van der Waals surface area contributed by atoms with Crippen molar-refractivity contribution in [3.8, 4) is 17.6 Å². The van der Waals surface area contributed by atoms with Gasteiger partial charge in [-0.25, -0.2) is 0 Å². The highest BCUT2D eigenvalue weighted by Gasteiger charge is 2.19. The van der Waals surface area contributed by atoms with E-state index in [-0.39, 0.29) is 5.92 Å². The number of ether oxygens (including phenoxy) is 2. The monoisotopic (exact) mass is 309 g/mol. The van der Waals surface area contributed by atoms with E-state index in [2.05, 4.69) is 39.0 Å². The van der Waals surface area contributed by atoms with E-state index in [0.717, 1.165) is 11.3 Å². The normalized spacial score (nSPS) is 11.7. The van der Waals surface area contributed by atoms with Gasteiger partial charge >= 0.3 is 0 Å². The quantitative estimate of drug-likeness (QED) is 0.818. The molecule has 0 heterocycles. The number of methoxy groups -OCH3 is 2. The molecule has 0 aliphatic rings. The fraction of sp³-hybridized carbons (Fsp3) is 0.350. The van der Waals surface area contributed by atoms with Crippen LogP contribution in [0.3, 0.4) is 0 Å². The Morgan fingerprint density at radius 2 is 1.65 bits per heavy atom. The largest absolute Gasteiger partial charge is 0.497 e. The molecule has 23 heavy (non-hydrogen) atoms. The highest BCUT2D eigenvalue weighted by molar-refractivity contribution is 5.47. The lowest BCUT2D eigenvalue weighted by atomic mass is 9.88. The maximum Gasteiger partial charge on any atom is 0.127 e. The van der Waals surface area contributed by atoms with Crippen LogP contribution in [0.1, 0.15) is 33.7 Å². The third-order valence-corrected chi connectivity index (χ3v) is 4.22. The van der Waals surface area contributed by atoms with Gasteiger partial charge in [0.25, 0.3) is 0 Å². The van der Waals surface area contributed by atoms with Crippen molar-refractivity contribution in [3.63, 3.8) is 0 Å². The first-order chi connectivity index (χ1) is 11.0. The van der Waals surface area contributed by atoms with Gasteiger partial charge in [0.1, 0.15) is 11.5 Å². The minimum Gasteiger partial charge on any atom is -0.497 e. The van der Waals surface area contributed by atoms with Gasteiger partial charge in [0.05, 0.1) is 26.2 Å². The predicted molar refractivity (Wildman–Crippen MR) is 92.3 cm³/mol. The zero-order chi connectivity index (χ0) is 17.0. The summed E-state index contributed by atoms with van der Waals surface area (Å²) in [6.07, 6.45) is 0.678. The Hall–Kier alpha value is -2.47. The number of nitrogens with zero attached hydrogens (tertiary/aromatic N) is 1. The molecular weight excluding hydrogens is 286 g/mol. The Kier molecular flexibility index (Phi) is 5.28. The lowest BCUT2D eigenvalue weighted by molar-refractivity contribution is 0.390. The van der Waals surface area contributed by atoms with Crippen molar-refractivity contribution in [2.24, 2.45) is 0 Å². The Morgan fingerprint density at radius 1 is 1.00 bits per heavy atom. The molecule has 1 unspecified atom stereocenters. The number of benzene rings is 2. The molecule has 2 aromatic carbocycles. The van der Waals surface area contributed by atoms with Gasteiger partial charge in [0.15, 0.2) is 0 Å². The Morgan fingerprint density at radius 3 is 2.17 bits per heavy atom. The van der Waals surface area contributed by atoms with Gasteiger partial charge in [-0.05, 0) is 49.9 Å². The second kappa shape index (κ2) is 7.19. The first-order valence-electron chi connectivity index (χ1n) is 7.68. The molecule has 1 atom stereocenters. The van der Waals surface area contributed by atoms with Crippen molar-refractivity contribution in [2.75, 3.05) is 14.2 Å². The van der Waals surface area contributed by atoms with Crippen LogP contribution in [-0.4, -0.2) is 14.2 Å². The summed E-state index contributed by atoms with van der Waals surface area (Å²) < 4.78 is 10.7. The van der Waals surface area contributed by atoms with Gasteiger partial charge in [-0.2, -0.15) is 5.26 Å². The molecule has 0 N–H and O–H groups in total. The average Bonchev–Trinajstić information content (AvgIpc) is 2.54. The van der Waals surface area contributed by atoms with Crippen molar-refractivity contribution in [2.45, 2.75) is 33.1 Å². The summed E-state index contributed by atoms with van der Waals surface area (Å²) in [4.78, 5) is 0. The maximum atomic E-state index is 9.69. The van der Waals surface area contributed by atoms with Crippen LogP contribution in [0.5, 0.6) is 11.5 Å². The van der Waals surface area contributed by atoms with Crippen LogP contribution in [-0.2, 0) is 6.42 Å². The molecule has 0 aliphatic carbocycles. The zero-order valence-electron chi connectivity index (χ0n) is 14.4. The van der Waals surface area contributed by atoms with E-state index < -0.39 is 0 Å². The number of aryl methyl sites for hydroxylation is 3. The van der Waals surface area contributed by atoms with Crippen LogP contribution >= 0.6 is 0 Å². The smallest absolute Gasteiger partial charge is 0.127 e. The van der Waals surface area contributed by atoms with Crippen LogP contribution < -0.4 is 9.47 Å². The van der Waals surface area contributed by atoms with Crippen LogP contribution in [0, 0.1) is 32.1 Å². The molecule has 2 rings (SSSR count). The average molecular weight is 309 g/mol. The molecule has 0 radical (unpaired) electrons. The molecule has 0 fully saturated rings. The fourth-order valence-electron chi connectivity index (χ4n) is 3.07. The molecule has 0 aliphatic heterocycles. The molecule has 2 aromatic rings. The van der Waals surface area contributed by atoms with E-state index in [9.17, 15) is 5.26 Å². The predicted octanol–water partition coefficient (Wildman–Crippen LogP) is 4.48. The lowest BCUT2D eigenvalue weighted by Crippen LogP contribution is -2.06. The van der Waals surface area contributed by atoms with Crippen LogP contribution in [0.15, 0.2) is 30.3 Å². The van der Waals surface area contributed by atoms with E-state index in [1.807, 2.05) is 18.2 Å². The van der Waals surface area contributed by atoms with Gasteiger partial charge in [-0.3, -0.25) is 0 Å². The summed E-state index contributed by atoms with van der Waals surface area (Å²) in [6.45, 7) is 6.31. The third-order valence-electron chi connectivity index (χ3n) is 4.22. The van der Waals surface area contributed by atoms with E-state index in [0.29, 0.717) is 12.2 Å². The Bertz CT molecular complexity index is 721. The second-order valence-electron chi connectivity index (χ2n) is 5.87. The number of nitriles is 1. The Labute approximate surface area is 138 Å². The molecule has 0 spiro atoms. The van der Waals surface area contributed by atoms with Crippen molar-refractivity contribution >= 4 is 0 Å². The van der Waals surface area contributed by atoms with Gasteiger partial charge < -0.3 is 9.47 Å². The summed E-state index contributed by atoms with van der Waals surface area (Å²) in [6, 6.07) is 12.4. The molecule has 0 aromatic heterocycles. The number of hydrogen-bond donors (Lipinski definition) is 0. The van der Waals surface area contributed by atoms with Crippen molar-refractivity contribution in [1.82, 2.24) is 0 Å². The Balaban J connectivity index is 2.41. The topological polar surface area (TPSA) is 42.2 Å². The van der Waals surface area contributed by atoms with Gasteiger partial charge in [0.2, 0.25) is 0 Å². The summed E-state index contributed by atoms with van der Waals surface area (Å²) in [5.41, 5.74) is 5.85. The zero-order valence-corrected chi connectivity index (χ0v) is 14.4. The van der Waals surface area contributed by atoms with Gasteiger partial charge in [-0.1, -0.05) is 23.8 Å². The van der Waals surface area contributed by atoms with Crippen LogP contribution in [0.2, 0.25) is 0 Å². The van der Waals surface area contributed by atoms with Gasteiger partial charge in [0, 0.05) is 11.6 Å². The SMILES string of the molecule is COc1ccc(C(C#N)Cc2c(C)cc(C)cc2C)c(OC)c1. The standard InChI is InChI=1S/C20H23NO2/c1-13-8-14(2)19(15(3)9-13)10-16(12-21)18-7-6-17(22-4)11-20(18)23-5/h6-9,11,16H,10H2,1-5H3. The van der Waals surface area contributed by atoms with Crippen molar-refractivity contribution in [3.05, 3.63) is 58.1 Å². The fourth-order valence-corrected chi connectivity index (χ4v) is 3.07. The molecule has 0 saturated heterocycles. The van der Waals surface area contributed by atoms with Crippen LogP contribution in [0.4, 0.5) is 0 Å². The summed E-state index contributed by atoms with van der Waals surface area (Å²) in [5, 5.41) is 9.69. The molecule has 0 saturated carbocycles. The highest BCUT2D eigenvalue weighted by atomic mass is 16.5. The minimum absolute atomic E-state index is 0.254. The minimum atomic E-state index is -0.254. The number of hydrogen-bond acceptors (Lipinski definition) is 3. The lowest BCUT2D eigenvalue weighted by Gasteiger charge is -2.18. The number of rotatable bonds is 5. The van der Waals surface area contributed by atoms with E-state index in [4.69, 9.17) is 9.47 Å². The van der Waals surface area contributed by atoms with Crippen LogP contribution in [0.25, 0.3) is 0 Å². The maximum absolute atomic E-state index is 9.69. The van der Waals surface area contributed by atoms with Gasteiger partial charge in [-0.15, -0.1) is 0 Å². The third kappa shape index (κ3) is 3.65. The van der Waals surface area contributed by atoms with E-state index in [1.54, 1.807) is 14.2 Å². The summed E-state index contributed by atoms with van der Waals surface area (Å²) in [5.74, 6) is 1.17. The highest BCUT2D eigenvalue weighted by Crippen LogP contribution is 2.33. The molecule has 0 amide bonds. The second-order valence-corrected chi connectivity index (χ2v) is 5.87. The molecule has 120 valence electrons. The first kappa shape index (κ1) is 16.9. The van der Waals surface area contributed by atoms with Crippen molar-refractivity contribution in [1.29, 1.82) is 5.26 Å². The summed E-state index contributed by atoms with van der Waals surface area (Å²) >= 11 is 0. The first-order valence-corrected chi connectivity index (χ1v) is 7.68. The molecule has 3 nitrogen and oxygen atoms in total. The van der Waals surface area contributed by atoms with E-state index >= 15 is 0 Å². The molecular formula is C20H23NO2.